The minimum atomic E-state index is -0.0583. The van der Waals surface area contributed by atoms with Crippen molar-refractivity contribution in [1.82, 2.24) is 0 Å². The third kappa shape index (κ3) is 6.21. The number of carbonyl (C=O) groups excluding carboxylic acids is 2. The lowest BCUT2D eigenvalue weighted by molar-refractivity contribution is -0.107. The zero-order valence-electron chi connectivity index (χ0n) is 16.3. The van der Waals surface area contributed by atoms with Gasteiger partial charge in [0.15, 0.2) is 0 Å². The standard InChI is InChI=1S/C26H20O2S2/c1-3-25(27)29-23-15-9-20(10-16-23)6-5-19-7-11-21(12-8-19)22-13-17-24(18-14-22)30-26(28)4-2/h3-18H,1-2H2. The van der Waals surface area contributed by atoms with Crippen LogP contribution in [-0.2, 0) is 9.59 Å². The van der Waals surface area contributed by atoms with Gasteiger partial charge in [-0.05, 0) is 82.2 Å². The van der Waals surface area contributed by atoms with Crippen molar-refractivity contribution in [2.45, 2.75) is 9.79 Å². The van der Waals surface area contributed by atoms with Crippen LogP contribution in [0.3, 0.4) is 0 Å². The average Bonchev–Trinajstić information content (AvgIpc) is 2.79. The summed E-state index contributed by atoms with van der Waals surface area (Å²) in [5, 5.41) is -0.116. The van der Waals surface area contributed by atoms with Crippen molar-refractivity contribution in [3.8, 4) is 11.1 Å². The molecule has 0 atom stereocenters. The van der Waals surface area contributed by atoms with Crippen molar-refractivity contribution in [3.05, 3.63) is 109 Å². The van der Waals surface area contributed by atoms with Crippen LogP contribution in [0.5, 0.6) is 0 Å². The Morgan fingerprint density at radius 1 is 0.567 bits per heavy atom. The molecule has 0 heterocycles. The maximum atomic E-state index is 11.4. The van der Waals surface area contributed by atoms with E-state index < -0.39 is 0 Å². The molecule has 0 saturated carbocycles. The van der Waals surface area contributed by atoms with Crippen LogP contribution in [0.15, 0.2) is 108 Å². The molecule has 0 fully saturated rings. The van der Waals surface area contributed by atoms with E-state index in [0.717, 1.165) is 32.0 Å². The first kappa shape index (κ1) is 21.6. The summed E-state index contributed by atoms with van der Waals surface area (Å²) in [6, 6.07) is 24.1. The second kappa shape index (κ2) is 10.6. The number of rotatable bonds is 7. The molecule has 0 bridgehead atoms. The first-order chi connectivity index (χ1) is 14.6. The van der Waals surface area contributed by atoms with Gasteiger partial charge in [0.1, 0.15) is 0 Å². The molecule has 3 aromatic carbocycles. The Bertz CT molecular complexity index is 1080. The summed E-state index contributed by atoms with van der Waals surface area (Å²) >= 11 is 2.34. The Morgan fingerprint density at radius 3 is 1.30 bits per heavy atom. The minimum Gasteiger partial charge on any atom is -0.282 e. The Kier molecular flexibility index (Phi) is 7.66. The summed E-state index contributed by atoms with van der Waals surface area (Å²) in [7, 11) is 0. The lowest BCUT2D eigenvalue weighted by Crippen LogP contribution is -1.84. The van der Waals surface area contributed by atoms with Crippen molar-refractivity contribution in [3.63, 3.8) is 0 Å². The average molecular weight is 429 g/mol. The van der Waals surface area contributed by atoms with Crippen molar-refractivity contribution in [2.24, 2.45) is 0 Å². The highest BCUT2D eigenvalue weighted by Gasteiger charge is 2.02. The van der Waals surface area contributed by atoms with Gasteiger partial charge in [-0.25, -0.2) is 0 Å². The number of hydrogen-bond acceptors (Lipinski definition) is 4. The van der Waals surface area contributed by atoms with Crippen LogP contribution in [0.1, 0.15) is 11.1 Å². The summed E-state index contributed by atoms with van der Waals surface area (Å²) in [5.41, 5.74) is 4.38. The lowest BCUT2D eigenvalue weighted by Gasteiger charge is -2.04. The zero-order valence-corrected chi connectivity index (χ0v) is 17.9. The topological polar surface area (TPSA) is 34.1 Å². The van der Waals surface area contributed by atoms with Crippen LogP contribution in [-0.4, -0.2) is 10.2 Å². The van der Waals surface area contributed by atoms with Crippen molar-refractivity contribution in [2.75, 3.05) is 0 Å². The van der Waals surface area contributed by atoms with E-state index in [9.17, 15) is 9.59 Å². The van der Waals surface area contributed by atoms with E-state index in [2.05, 4.69) is 43.5 Å². The van der Waals surface area contributed by atoms with Gasteiger partial charge in [0.25, 0.3) is 0 Å². The van der Waals surface area contributed by atoms with Crippen LogP contribution < -0.4 is 0 Å². The van der Waals surface area contributed by atoms with Gasteiger partial charge in [0, 0.05) is 9.79 Å². The van der Waals surface area contributed by atoms with E-state index in [0.29, 0.717) is 0 Å². The van der Waals surface area contributed by atoms with Gasteiger partial charge in [-0.15, -0.1) is 0 Å². The molecule has 0 radical (unpaired) electrons. The van der Waals surface area contributed by atoms with Gasteiger partial charge in [-0.3, -0.25) is 9.59 Å². The summed E-state index contributed by atoms with van der Waals surface area (Å²) < 4.78 is 0. The van der Waals surface area contributed by atoms with Crippen molar-refractivity contribution in [1.29, 1.82) is 0 Å². The molecular formula is C26H20O2S2. The van der Waals surface area contributed by atoms with Crippen LogP contribution in [0.25, 0.3) is 23.3 Å². The molecule has 148 valence electrons. The maximum absolute atomic E-state index is 11.4. The van der Waals surface area contributed by atoms with Gasteiger partial charge in [0.2, 0.25) is 10.2 Å². The SMILES string of the molecule is C=CC(=O)Sc1ccc(C=Cc2ccc(-c3ccc(SC(=O)C=C)cc3)cc2)cc1. The predicted molar refractivity (Wildman–Crippen MR) is 129 cm³/mol. The molecule has 3 rings (SSSR count). The summed E-state index contributed by atoms with van der Waals surface area (Å²) in [4.78, 5) is 24.6. The van der Waals surface area contributed by atoms with Crippen LogP contribution in [0.2, 0.25) is 0 Å². The number of hydrogen-bond donors (Lipinski definition) is 0. The molecule has 0 aromatic heterocycles. The van der Waals surface area contributed by atoms with Gasteiger partial charge in [-0.2, -0.15) is 0 Å². The van der Waals surface area contributed by atoms with Crippen molar-refractivity contribution < 1.29 is 9.59 Å². The van der Waals surface area contributed by atoms with Crippen molar-refractivity contribution >= 4 is 45.9 Å². The van der Waals surface area contributed by atoms with Crippen LogP contribution in [0, 0.1) is 0 Å². The fraction of sp³-hybridized carbons (Fsp3) is 0. The monoisotopic (exact) mass is 428 g/mol. The largest absolute Gasteiger partial charge is 0.282 e. The quantitative estimate of drug-likeness (QED) is 0.228. The molecule has 30 heavy (non-hydrogen) atoms. The van der Waals surface area contributed by atoms with E-state index in [1.54, 1.807) is 0 Å². The Balaban J connectivity index is 1.64. The molecule has 0 N–H and O–H groups in total. The van der Waals surface area contributed by atoms with Gasteiger partial charge < -0.3 is 0 Å². The Labute approximate surface area is 185 Å². The molecular weight excluding hydrogens is 408 g/mol. The highest BCUT2D eigenvalue weighted by molar-refractivity contribution is 8.14. The van der Waals surface area contributed by atoms with Crippen LogP contribution in [0.4, 0.5) is 0 Å². The number of carbonyl (C=O) groups is 2. The first-order valence-corrected chi connectivity index (χ1v) is 10.9. The second-order valence-corrected chi connectivity index (χ2v) is 8.45. The van der Waals surface area contributed by atoms with E-state index >= 15 is 0 Å². The van der Waals surface area contributed by atoms with Gasteiger partial charge >= 0.3 is 0 Å². The summed E-state index contributed by atoms with van der Waals surface area (Å²) in [5.74, 6) is 0. The minimum absolute atomic E-state index is 0.0578. The fourth-order valence-electron chi connectivity index (χ4n) is 2.66. The summed E-state index contributed by atoms with van der Waals surface area (Å²) in [6.45, 7) is 6.97. The third-order valence-corrected chi connectivity index (χ3v) is 5.97. The highest BCUT2D eigenvalue weighted by Crippen LogP contribution is 2.26. The molecule has 0 aliphatic heterocycles. The molecule has 0 unspecified atom stereocenters. The predicted octanol–water partition coefficient (Wildman–Crippen LogP) is 7.13. The molecule has 2 nitrogen and oxygen atoms in total. The summed E-state index contributed by atoms with van der Waals surface area (Å²) in [6.07, 6.45) is 6.74. The normalized spacial score (nSPS) is 10.7. The molecule has 0 aliphatic carbocycles. The van der Waals surface area contributed by atoms with Gasteiger partial charge in [0.05, 0.1) is 0 Å². The lowest BCUT2D eigenvalue weighted by atomic mass is 10.0. The van der Waals surface area contributed by atoms with E-state index in [4.69, 9.17) is 0 Å². The number of thioether (sulfide) groups is 2. The molecule has 0 amide bonds. The fourth-order valence-corrected chi connectivity index (χ4v) is 3.83. The molecule has 0 aliphatic rings. The molecule has 3 aromatic rings. The number of benzene rings is 3. The maximum Gasteiger partial charge on any atom is 0.216 e. The van der Waals surface area contributed by atoms with Crippen LogP contribution >= 0.6 is 23.5 Å². The highest BCUT2D eigenvalue weighted by atomic mass is 32.2. The zero-order chi connectivity index (χ0) is 21.3. The van der Waals surface area contributed by atoms with E-state index in [-0.39, 0.29) is 10.2 Å². The van der Waals surface area contributed by atoms with E-state index in [1.807, 2.05) is 54.6 Å². The Morgan fingerprint density at radius 2 is 0.900 bits per heavy atom. The smallest absolute Gasteiger partial charge is 0.216 e. The van der Waals surface area contributed by atoms with Gasteiger partial charge in [-0.1, -0.05) is 73.8 Å². The molecule has 0 saturated heterocycles. The second-order valence-electron chi connectivity index (χ2n) is 6.30. The first-order valence-electron chi connectivity index (χ1n) is 9.24. The van der Waals surface area contributed by atoms with E-state index in [1.165, 1.54) is 35.7 Å². The molecule has 4 heteroatoms. The molecule has 0 spiro atoms. The Hall–Kier alpha value is -3.08. The third-order valence-electron chi connectivity index (χ3n) is 4.22.